The van der Waals surface area contributed by atoms with Crippen molar-refractivity contribution < 1.29 is 14.3 Å². The number of aromatic nitrogens is 1. The molecule has 1 saturated carbocycles. The van der Waals surface area contributed by atoms with Crippen LogP contribution in [0.15, 0.2) is 5.38 Å². The molecule has 2 fully saturated rings. The molecule has 0 aromatic carbocycles. The van der Waals surface area contributed by atoms with Crippen molar-refractivity contribution in [3.05, 3.63) is 11.1 Å². The Hall–Kier alpha value is -1.63. The second kappa shape index (κ2) is 6.24. The van der Waals surface area contributed by atoms with Crippen LogP contribution in [0.5, 0.6) is 0 Å². The van der Waals surface area contributed by atoms with E-state index >= 15 is 0 Å². The summed E-state index contributed by atoms with van der Waals surface area (Å²) in [6, 6.07) is 0. The second-order valence-corrected chi connectivity index (χ2v) is 6.96. The summed E-state index contributed by atoms with van der Waals surface area (Å²) in [5, 5.41) is 5.46. The van der Waals surface area contributed by atoms with Gasteiger partial charge in [-0.15, -0.1) is 11.3 Å². The third-order valence-corrected chi connectivity index (χ3v) is 5.29. The van der Waals surface area contributed by atoms with E-state index in [1.807, 2.05) is 5.38 Å². The molecule has 1 aliphatic heterocycles. The van der Waals surface area contributed by atoms with Crippen LogP contribution < -0.4 is 11.1 Å². The van der Waals surface area contributed by atoms with Crippen molar-refractivity contribution in [2.24, 2.45) is 5.92 Å². The minimum Gasteiger partial charge on any atom is -0.458 e. The second-order valence-electron chi connectivity index (χ2n) is 6.07. The minimum atomic E-state index is -0.523. The Bertz CT molecular complexity index is 566. The highest BCUT2D eigenvalue weighted by atomic mass is 32.1. The van der Waals surface area contributed by atoms with Gasteiger partial charge in [-0.25, -0.2) is 4.98 Å². The maximum atomic E-state index is 12.4. The monoisotopic (exact) mass is 323 g/mol. The van der Waals surface area contributed by atoms with Crippen LogP contribution in [-0.2, 0) is 20.7 Å². The van der Waals surface area contributed by atoms with E-state index < -0.39 is 5.60 Å². The van der Waals surface area contributed by atoms with Crippen LogP contribution in [0.4, 0.5) is 5.13 Å². The van der Waals surface area contributed by atoms with Gasteiger partial charge in [0.25, 0.3) is 0 Å². The fourth-order valence-electron chi connectivity index (χ4n) is 3.49. The summed E-state index contributed by atoms with van der Waals surface area (Å²) < 4.78 is 5.50. The van der Waals surface area contributed by atoms with E-state index in [0.29, 0.717) is 11.7 Å². The summed E-state index contributed by atoms with van der Waals surface area (Å²) in [6.07, 6.45) is 5.51. The quantitative estimate of drug-likeness (QED) is 0.635. The van der Waals surface area contributed by atoms with E-state index in [-0.39, 0.29) is 24.2 Å². The first-order chi connectivity index (χ1) is 10.6. The number of rotatable bonds is 5. The molecule has 1 aliphatic carbocycles. The number of esters is 1. The molecule has 7 heteroatoms. The molecule has 2 heterocycles. The number of nitrogens with one attached hydrogen (secondary N) is 1. The van der Waals surface area contributed by atoms with Gasteiger partial charge in [0.1, 0.15) is 5.60 Å². The van der Waals surface area contributed by atoms with Gasteiger partial charge in [-0.1, -0.05) is 0 Å². The molecule has 1 aromatic heterocycles. The van der Waals surface area contributed by atoms with Crippen LogP contribution in [0.3, 0.4) is 0 Å². The van der Waals surface area contributed by atoms with Crippen molar-refractivity contribution in [1.29, 1.82) is 0 Å². The van der Waals surface area contributed by atoms with Gasteiger partial charge in [0.15, 0.2) is 5.13 Å². The number of carbonyl (C=O) groups excluding carboxylic acids is 2. The fraction of sp³-hybridized carbons (Fsp3) is 0.667. The molecule has 1 spiro atoms. The molecule has 1 aromatic rings. The number of aryl methyl sites for hydroxylation is 1. The van der Waals surface area contributed by atoms with E-state index in [9.17, 15) is 9.59 Å². The van der Waals surface area contributed by atoms with Crippen LogP contribution in [0.2, 0.25) is 0 Å². The maximum absolute atomic E-state index is 12.4. The number of nitrogen functional groups attached to an aromatic ring is 1. The zero-order valence-corrected chi connectivity index (χ0v) is 13.3. The van der Waals surface area contributed by atoms with Crippen LogP contribution in [0, 0.1) is 5.92 Å². The summed E-state index contributed by atoms with van der Waals surface area (Å²) in [4.78, 5) is 28.2. The van der Waals surface area contributed by atoms with Gasteiger partial charge in [-0.3, -0.25) is 9.59 Å². The third-order valence-electron chi connectivity index (χ3n) is 4.57. The lowest BCUT2D eigenvalue weighted by molar-refractivity contribution is -0.149. The minimum absolute atomic E-state index is 0.0504. The zero-order chi connectivity index (χ0) is 15.6. The number of carbonyl (C=O) groups is 2. The third kappa shape index (κ3) is 3.09. The molecular weight excluding hydrogens is 302 g/mol. The van der Waals surface area contributed by atoms with Gasteiger partial charge in [-0.05, 0) is 38.5 Å². The Morgan fingerprint density at radius 2 is 2.27 bits per heavy atom. The first kappa shape index (κ1) is 15.3. The van der Waals surface area contributed by atoms with Gasteiger partial charge in [0.2, 0.25) is 5.91 Å². The average Bonchev–Trinajstić information content (AvgIpc) is 3.18. The molecule has 1 saturated heterocycles. The Morgan fingerprint density at radius 1 is 1.50 bits per heavy atom. The summed E-state index contributed by atoms with van der Waals surface area (Å²) in [5.74, 6) is -0.608. The van der Waals surface area contributed by atoms with Gasteiger partial charge in [-0.2, -0.15) is 0 Å². The fourth-order valence-corrected chi connectivity index (χ4v) is 4.09. The number of nitrogens with two attached hydrogens (primary N) is 1. The lowest BCUT2D eigenvalue weighted by Gasteiger charge is -2.27. The number of amides is 1. The summed E-state index contributed by atoms with van der Waals surface area (Å²) in [6.45, 7) is 0.580. The van der Waals surface area contributed by atoms with Crippen LogP contribution in [0.25, 0.3) is 0 Å². The Morgan fingerprint density at radius 3 is 2.95 bits per heavy atom. The topological polar surface area (TPSA) is 94.3 Å². The van der Waals surface area contributed by atoms with Crippen LogP contribution in [-0.4, -0.2) is 29.0 Å². The summed E-state index contributed by atoms with van der Waals surface area (Å²) >= 11 is 1.43. The molecule has 2 aliphatic rings. The van der Waals surface area contributed by atoms with E-state index in [2.05, 4.69) is 10.3 Å². The number of ether oxygens (including phenoxy) is 1. The van der Waals surface area contributed by atoms with E-state index in [1.165, 1.54) is 11.3 Å². The Kier molecular flexibility index (Phi) is 4.33. The SMILES string of the molecule is Nc1nc(CCCNC(=O)C2CC(=O)OC23CCCC3)cs1. The van der Waals surface area contributed by atoms with Crippen molar-refractivity contribution >= 4 is 28.3 Å². The summed E-state index contributed by atoms with van der Waals surface area (Å²) in [5.41, 5.74) is 6.02. The van der Waals surface area contributed by atoms with Crippen molar-refractivity contribution in [2.45, 2.75) is 50.5 Å². The zero-order valence-electron chi connectivity index (χ0n) is 12.5. The predicted molar refractivity (Wildman–Crippen MR) is 83.3 cm³/mol. The van der Waals surface area contributed by atoms with Gasteiger partial charge >= 0.3 is 5.97 Å². The van der Waals surface area contributed by atoms with Gasteiger partial charge in [0.05, 0.1) is 18.0 Å². The lowest BCUT2D eigenvalue weighted by atomic mass is 9.85. The molecule has 1 amide bonds. The highest BCUT2D eigenvalue weighted by Crippen LogP contribution is 2.45. The van der Waals surface area contributed by atoms with Crippen molar-refractivity contribution in [2.75, 3.05) is 12.3 Å². The number of thiazole rings is 1. The first-order valence-corrected chi connectivity index (χ1v) is 8.66. The first-order valence-electron chi connectivity index (χ1n) is 7.78. The molecule has 0 bridgehead atoms. The predicted octanol–water partition coefficient (Wildman–Crippen LogP) is 1.65. The Balaban J connectivity index is 1.48. The van der Waals surface area contributed by atoms with E-state index in [0.717, 1.165) is 44.2 Å². The average molecular weight is 323 g/mol. The molecular formula is C15H21N3O3S. The lowest BCUT2D eigenvalue weighted by Crippen LogP contribution is -2.43. The number of nitrogens with zero attached hydrogens (tertiary/aromatic N) is 1. The maximum Gasteiger partial charge on any atom is 0.307 e. The molecule has 6 nitrogen and oxygen atoms in total. The number of anilines is 1. The van der Waals surface area contributed by atoms with Crippen molar-refractivity contribution in [1.82, 2.24) is 10.3 Å². The summed E-state index contributed by atoms with van der Waals surface area (Å²) in [7, 11) is 0. The van der Waals surface area contributed by atoms with Crippen LogP contribution in [0.1, 0.15) is 44.2 Å². The van der Waals surface area contributed by atoms with E-state index in [4.69, 9.17) is 10.5 Å². The van der Waals surface area contributed by atoms with Gasteiger partial charge in [0, 0.05) is 11.9 Å². The molecule has 1 atom stereocenters. The van der Waals surface area contributed by atoms with Gasteiger partial charge < -0.3 is 15.8 Å². The molecule has 3 N–H and O–H groups in total. The standard InChI is InChI=1S/C15H21N3O3S/c16-14-18-10(9-22-14)4-3-7-17-13(20)11-8-12(19)21-15(11)5-1-2-6-15/h9,11H,1-8H2,(H2,16,18)(H,17,20). The smallest absolute Gasteiger partial charge is 0.307 e. The molecule has 120 valence electrons. The van der Waals surface area contributed by atoms with Crippen molar-refractivity contribution in [3.8, 4) is 0 Å². The van der Waals surface area contributed by atoms with Crippen molar-refractivity contribution in [3.63, 3.8) is 0 Å². The number of hydrogen-bond donors (Lipinski definition) is 2. The largest absolute Gasteiger partial charge is 0.458 e. The molecule has 22 heavy (non-hydrogen) atoms. The Labute approximate surface area is 133 Å². The van der Waals surface area contributed by atoms with Crippen LogP contribution >= 0.6 is 11.3 Å². The normalized spacial score (nSPS) is 22.9. The highest BCUT2D eigenvalue weighted by Gasteiger charge is 2.53. The molecule has 3 rings (SSSR count). The highest BCUT2D eigenvalue weighted by molar-refractivity contribution is 7.13. The van der Waals surface area contributed by atoms with E-state index in [1.54, 1.807) is 0 Å². The molecule has 1 unspecified atom stereocenters. The molecule has 0 radical (unpaired) electrons. The number of hydrogen-bond acceptors (Lipinski definition) is 6.